The Morgan fingerprint density at radius 1 is 1.23 bits per heavy atom. The van der Waals surface area contributed by atoms with Gasteiger partial charge in [-0.05, 0) is 30.5 Å². The maximum Gasteiger partial charge on any atom is 0.341 e. The van der Waals surface area contributed by atoms with Gasteiger partial charge in [0.2, 0.25) is 9.84 Å². The number of thiophene rings is 1. The summed E-state index contributed by atoms with van der Waals surface area (Å²) in [5, 5.41) is 6.84. The minimum Gasteiger partial charge on any atom is -0.320 e. The monoisotopic (exact) mass is 414 g/mol. The third-order valence-corrected chi connectivity index (χ3v) is 6.77. The van der Waals surface area contributed by atoms with Crippen LogP contribution in [0.3, 0.4) is 0 Å². The number of alkyl halides is 2. The maximum absolute atomic E-state index is 12.9. The summed E-state index contributed by atoms with van der Waals surface area (Å²) in [7, 11) is -4.83. The van der Waals surface area contributed by atoms with E-state index >= 15 is 0 Å². The number of hydrogen-bond donors (Lipinski definition) is 1. The molecular weight excluding hydrogens is 402 g/mol. The van der Waals surface area contributed by atoms with E-state index in [4.69, 9.17) is 0 Å². The second-order valence-electron chi connectivity index (χ2n) is 5.20. The number of anilines is 1. The Kier molecular flexibility index (Phi) is 5.17. The third kappa shape index (κ3) is 3.53. The Bertz CT molecular complexity index is 1040. The molecule has 0 aliphatic rings. The van der Waals surface area contributed by atoms with Crippen LogP contribution in [-0.2, 0) is 9.84 Å². The molecule has 2 heterocycles. The average molecular weight is 414 g/mol. The fourth-order valence-electron chi connectivity index (χ4n) is 2.21. The van der Waals surface area contributed by atoms with E-state index in [1.54, 1.807) is 6.92 Å². The van der Waals surface area contributed by atoms with Crippen LogP contribution in [0.15, 0.2) is 46.0 Å². The summed E-state index contributed by atoms with van der Waals surface area (Å²) in [6.45, 7) is 1.66. The molecular formula is C16H12F2N2O3S3. The Hall–Kier alpha value is -2.17. The molecule has 0 unspecified atom stereocenters. The molecule has 26 heavy (non-hydrogen) atoms. The normalized spacial score (nSPS) is 11.7. The molecule has 0 radical (unpaired) electrons. The van der Waals surface area contributed by atoms with Gasteiger partial charge in [0.25, 0.3) is 5.91 Å². The van der Waals surface area contributed by atoms with Gasteiger partial charge in [-0.3, -0.25) is 4.79 Å². The van der Waals surface area contributed by atoms with Crippen LogP contribution in [0.5, 0.6) is 0 Å². The van der Waals surface area contributed by atoms with Crippen molar-refractivity contribution in [3.63, 3.8) is 0 Å². The number of hydrogen-bond acceptors (Lipinski definition) is 6. The molecule has 0 atom stereocenters. The van der Waals surface area contributed by atoms with Crippen LogP contribution in [0.2, 0.25) is 0 Å². The number of nitrogens with one attached hydrogen (secondary N) is 1. The van der Waals surface area contributed by atoms with E-state index in [-0.39, 0.29) is 10.6 Å². The molecule has 1 amide bonds. The molecule has 136 valence electrons. The van der Waals surface area contributed by atoms with Gasteiger partial charge in [-0.2, -0.15) is 20.1 Å². The number of halogens is 2. The van der Waals surface area contributed by atoms with Gasteiger partial charge >= 0.3 is 5.76 Å². The van der Waals surface area contributed by atoms with Gasteiger partial charge in [0.15, 0.2) is 0 Å². The van der Waals surface area contributed by atoms with Gasteiger partial charge in [0, 0.05) is 10.9 Å². The molecule has 0 fully saturated rings. The fraction of sp³-hybridized carbons (Fsp3) is 0.125. The SMILES string of the molecule is Cc1nc(-c2ccsc2)sc1C(=O)Nc1ccccc1S(=O)(=O)C(F)F. The highest BCUT2D eigenvalue weighted by molar-refractivity contribution is 7.91. The van der Waals surface area contributed by atoms with Crippen LogP contribution in [0.1, 0.15) is 15.4 Å². The van der Waals surface area contributed by atoms with Crippen LogP contribution < -0.4 is 5.32 Å². The highest BCUT2D eigenvalue weighted by Crippen LogP contribution is 2.31. The molecule has 0 aliphatic carbocycles. The Morgan fingerprint density at radius 3 is 2.62 bits per heavy atom. The number of carbonyl (C=O) groups is 1. The quantitative estimate of drug-likeness (QED) is 0.670. The van der Waals surface area contributed by atoms with E-state index in [0.717, 1.165) is 23.0 Å². The van der Waals surface area contributed by atoms with Crippen molar-refractivity contribution in [2.24, 2.45) is 0 Å². The van der Waals surface area contributed by atoms with Gasteiger partial charge in [-0.1, -0.05) is 12.1 Å². The number of carbonyl (C=O) groups excluding carboxylic acids is 1. The Morgan fingerprint density at radius 2 is 1.96 bits per heavy atom. The Labute approximate surface area is 156 Å². The smallest absolute Gasteiger partial charge is 0.320 e. The summed E-state index contributed by atoms with van der Waals surface area (Å²) in [6, 6.07) is 6.94. The van der Waals surface area contributed by atoms with E-state index in [9.17, 15) is 22.0 Å². The first kappa shape index (κ1) is 18.6. The van der Waals surface area contributed by atoms with Crippen LogP contribution in [-0.4, -0.2) is 25.1 Å². The minimum atomic E-state index is -4.83. The summed E-state index contributed by atoms with van der Waals surface area (Å²) >= 11 is 2.65. The molecule has 5 nitrogen and oxygen atoms in total. The van der Waals surface area contributed by atoms with Gasteiger partial charge in [0.05, 0.1) is 16.3 Å². The largest absolute Gasteiger partial charge is 0.341 e. The molecule has 3 aromatic rings. The van der Waals surface area contributed by atoms with Crippen molar-refractivity contribution in [1.82, 2.24) is 4.98 Å². The van der Waals surface area contributed by atoms with E-state index in [0.29, 0.717) is 10.7 Å². The number of sulfone groups is 1. The molecule has 0 aliphatic heterocycles. The van der Waals surface area contributed by atoms with Crippen LogP contribution in [0.4, 0.5) is 14.5 Å². The summed E-state index contributed by atoms with van der Waals surface area (Å²) in [5.41, 5.74) is 1.16. The summed E-state index contributed by atoms with van der Waals surface area (Å²) in [4.78, 5) is 16.6. The van der Waals surface area contributed by atoms with Gasteiger partial charge in [-0.25, -0.2) is 13.4 Å². The molecule has 0 bridgehead atoms. The molecule has 10 heteroatoms. The van der Waals surface area contributed by atoms with E-state index < -0.39 is 26.4 Å². The molecule has 2 aromatic heterocycles. The molecule has 0 saturated heterocycles. The number of para-hydroxylation sites is 1. The van der Waals surface area contributed by atoms with E-state index in [1.807, 2.05) is 16.8 Å². The predicted molar refractivity (Wildman–Crippen MR) is 97.7 cm³/mol. The van der Waals surface area contributed by atoms with Crippen molar-refractivity contribution in [1.29, 1.82) is 0 Å². The molecule has 0 saturated carbocycles. The number of thiazole rings is 1. The lowest BCUT2D eigenvalue weighted by atomic mass is 10.3. The number of aryl methyl sites for hydroxylation is 1. The van der Waals surface area contributed by atoms with Crippen molar-refractivity contribution in [3.8, 4) is 10.6 Å². The molecule has 1 aromatic carbocycles. The zero-order valence-electron chi connectivity index (χ0n) is 13.3. The highest BCUT2D eigenvalue weighted by Gasteiger charge is 2.30. The second-order valence-corrected chi connectivity index (χ2v) is 8.87. The first-order valence-corrected chi connectivity index (χ1v) is 10.5. The minimum absolute atomic E-state index is 0.192. The van der Waals surface area contributed by atoms with E-state index in [2.05, 4.69) is 10.3 Å². The van der Waals surface area contributed by atoms with Crippen molar-refractivity contribution >= 4 is 44.1 Å². The van der Waals surface area contributed by atoms with Gasteiger partial charge in [0.1, 0.15) is 9.88 Å². The number of benzene rings is 1. The standard InChI is InChI=1S/C16H12F2N2O3S3/c1-9-13(25-15(19-9)10-6-7-24-8-10)14(21)20-11-4-2-3-5-12(11)26(22,23)16(17)18/h2-8,16H,1H3,(H,20,21). The molecule has 1 N–H and O–H groups in total. The fourth-order valence-corrected chi connectivity index (χ4v) is 4.77. The zero-order chi connectivity index (χ0) is 18.9. The van der Waals surface area contributed by atoms with Crippen LogP contribution >= 0.6 is 22.7 Å². The summed E-state index contributed by atoms with van der Waals surface area (Å²) < 4.78 is 49.3. The van der Waals surface area contributed by atoms with E-state index in [1.165, 1.54) is 29.5 Å². The van der Waals surface area contributed by atoms with Crippen molar-refractivity contribution in [3.05, 3.63) is 51.7 Å². The highest BCUT2D eigenvalue weighted by atomic mass is 32.2. The zero-order valence-corrected chi connectivity index (χ0v) is 15.7. The van der Waals surface area contributed by atoms with Crippen molar-refractivity contribution in [2.45, 2.75) is 17.6 Å². The first-order valence-electron chi connectivity index (χ1n) is 7.23. The lowest BCUT2D eigenvalue weighted by Crippen LogP contribution is -2.17. The van der Waals surface area contributed by atoms with Crippen LogP contribution in [0.25, 0.3) is 10.6 Å². The van der Waals surface area contributed by atoms with Gasteiger partial charge in [-0.15, -0.1) is 11.3 Å². The van der Waals surface area contributed by atoms with Crippen molar-refractivity contribution in [2.75, 3.05) is 5.32 Å². The Balaban J connectivity index is 1.93. The number of nitrogens with zero attached hydrogens (tertiary/aromatic N) is 1. The lowest BCUT2D eigenvalue weighted by Gasteiger charge is -2.10. The maximum atomic E-state index is 12.9. The topological polar surface area (TPSA) is 76.1 Å². The predicted octanol–water partition coefficient (Wildman–Crippen LogP) is 4.43. The molecule has 0 spiro atoms. The second kappa shape index (κ2) is 7.22. The molecule has 3 rings (SSSR count). The average Bonchev–Trinajstić information content (AvgIpc) is 3.24. The first-order chi connectivity index (χ1) is 12.3. The lowest BCUT2D eigenvalue weighted by molar-refractivity contribution is 0.102. The number of amides is 1. The summed E-state index contributed by atoms with van der Waals surface area (Å²) in [5.74, 6) is -4.17. The van der Waals surface area contributed by atoms with Crippen LogP contribution in [0, 0.1) is 6.92 Å². The summed E-state index contributed by atoms with van der Waals surface area (Å²) in [6.07, 6.45) is 0. The van der Waals surface area contributed by atoms with Gasteiger partial charge < -0.3 is 5.32 Å². The number of rotatable bonds is 5. The van der Waals surface area contributed by atoms with Crippen molar-refractivity contribution < 1.29 is 22.0 Å². The third-order valence-electron chi connectivity index (χ3n) is 3.45. The number of aromatic nitrogens is 1.